The molecule has 14 nitrogen and oxygen atoms in total. The second kappa shape index (κ2) is 15.7. The summed E-state index contributed by atoms with van der Waals surface area (Å²) in [7, 11) is 0. The summed E-state index contributed by atoms with van der Waals surface area (Å²) in [5.74, 6) is 1.05. The van der Waals surface area contributed by atoms with Crippen LogP contribution in [0, 0.1) is 45.3 Å². The molecule has 0 aromatic rings. The van der Waals surface area contributed by atoms with Crippen LogP contribution < -0.4 is 0 Å². The highest BCUT2D eigenvalue weighted by molar-refractivity contribution is 5.88. The van der Waals surface area contributed by atoms with E-state index in [-0.39, 0.29) is 28.6 Å². The summed E-state index contributed by atoms with van der Waals surface area (Å²) in [6, 6.07) is 0. The van der Waals surface area contributed by atoms with Crippen molar-refractivity contribution < 1.29 is 69.7 Å². The number of aliphatic hydroxyl groups excluding tert-OH is 8. The lowest BCUT2D eigenvalue weighted by molar-refractivity contribution is -0.340. The summed E-state index contributed by atoms with van der Waals surface area (Å²) in [5, 5.41) is 93.8. The van der Waals surface area contributed by atoms with E-state index >= 15 is 0 Å². The average Bonchev–Trinajstić information content (AvgIpc) is 3.40. The van der Waals surface area contributed by atoms with Crippen molar-refractivity contribution >= 4 is 5.78 Å². The molecule has 5 fully saturated rings. The van der Waals surface area contributed by atoms with E-state index in [9.17, 15) is 50.8 Å². The number of carbonyl (C=O) groups is 1. The number of fused-ring (bicyclic) bond motifs is 5. The molecule has 9 N–H and O–H groups in total. The minimum absolute atomic E-state index is 0.00678. The van der Waals surface area contributed by atoms with Crippen molar-refractivity contribution in [1.29, 1.82) is 0 Å². The Hall–Kier alpha value is -1.11. The predicted octanol–water partition coefficient (Wildman–Crippen LogP) is 1.33. The van der Waals surface area contributed by atoms with Gasteiger partial charge < -0.3 is 64.9 Å². The van der Waals surface area contributed by atoms with Crippen LogP contribution in [0.1, 0.15) is 107 Å². The molecular formula is C42H70O14. The van der Waals surface area contributed by atoms with E-state index in [1.54, 1.807) is 13.8 Å². The van der Waals surface area contributed by atoms with Crippen LogP contribution in [0.2, 0.25) is 0 Å². The largest absolute Gasteiger partial charge is 0.394 e. The second-order valence-corrected chi connectivity index (χ2v) is 20.1. The minimum atomic E-state index is -1.67. The molecule has 0 bridgehead atoms. The monoisotopic (exact) mass is 798 g/mol. The van der Waals surface area contributed by atoms with Crippen LogP contribution in [-0.4, -0.2) is 144 Å². The van der Waals surface area contributed by atoms with Gasteiger partial charge in [-0.25, -0.2) is 0 Å². The van der Waals surface area contributed by atoms with Crippen LogP contribution in [-0.2, 0) is 23.7 Å². The molecule has 13 unspecified atom stereocenters. The van der Waals surface area contributed by atoms with Crippen LogP contribution in [0.3, 0.4) is 0 Å². The zero-order valence-electron chi connectivity index (χ0n) is 34.5. The first-order valence-corrected chi connectivity index (χ1v) is 20.9. The number of rotatable bonds is 11. The molecule has 0 radical (unpaired) electrons. The number of ketones is 1. The van der Waals surface area contributed by atoms with Crippen molar-refractivity contribution in [3.8, 4) is 0 Å². The van der Waals surface area contributed by atoms with Crippen molar-refractivity contribution in [3.63, 3.8) is 0 Å². The van der Waals surface area contributed by atoms with Gasteiger partial charge >= 0.3 is 0 Å². The maximum absolute atomic E-state index is 14.8. The van der Waals surface area contributed by atoms with Gasteiger partial charge in [0.1, 0.15) is 54.6 Å². The van der Waals surface area contributed by atoms with E-state index in [1.807, 2.05) is 0 Å². The predicted molar refractivity (Wildman–Crippen MR) is 201 cm³/mol. The molecule has 19 atom stereocenters. The molecule has 6 rings (SSSR count). The van der Waals surface area contributed by atoms with E-state index in [2.05, 4.69) is 47.6 Å². The van der Waals surface area contributed by atoms with E-state index in [0.29, 0.717) is 37.4 Å². The van der Waals surface area contributed by atoms with Gasteiger partial charge in [-0.15, -0.1) is 0 Å². The van der Waals surface area contributed by atoms with E-state index in [4.69, 9.17) is 18.9 Å². The Balaban J connectivity index is 1.16. The molecule has 4 aliphatic carbocycles. The normalized spacial score (nSPS) is 49.0. The fourth-order valence-electron chi connectivity index (χ4n) is 12.3. The lowest BCUT2D eigenvalue weighted by Gasteiger charge is -2.65. The molecule has 14 heteroatoms. The fraction of sp³-hybridized carbons (Fsp3) is 0.929. The summed E-state index contributed by atoms with van der Waals surface area (Å²) in [4.78, 5) is 14.8. The van der Waals surface area contributed by atoms with Gasteiger partial charge in [0.15, 0.2) is 12.6 Å². The molecule has 0 aromatic carbocycles. The third kappa shape index (κ3) is 7.17. The average molecular weight is 799 g/mol. The van der Waals surface area contributed by atoms with Crippen molar-refractivity contribution in [1.82, 2.24) is 0 Å². The van der Waals surface area contributed by atoms with E-state index in [1.165, 1.54) is 0 Å². The lowest BCUT2D eigenvalue weighted by Crippen LogP contribution is -2.64. The van der Waals surface area contributed by atoms with Gasteiger partial charge in [-0.1, -0.05) is 53.2 Å². The van der Waals surface area contributed by atoms with Gasteiger partial charge in [0.05, 0.1) is 31.0 Å². The summed E-state index contributed by atoms with van der Waals surface area (Å²) < 4.78 is 23.5. The van der Waals surface area contributed by atoms with Crippen LogP contribution in [0.15, 0.2) is 11.6 Å². The lowest BCUT2D eigenvalue weighted by atomic mass is 9.38. The minimum Gasteiger partial charge on any atom is -0.394 e. The Kier molecular flexibility index (Phi) is 12.5. The van der Waals surface area contributed by atoms with Crippen molar-refractivity contribution in [2.24, 2.45) is 45.3 Å². The van der Waals surface area contributed by atoms with Crippen LogP contribution in [0.25, 0.3) is 0 Å². The quantitative estimate of drug-likeness (QED) is 0.134. The molecule has 3 saturated carbocycles. The van der Waals surface area contributed by atoms with Gasteiger partial charge in [-0.05, 0) is 93.3 Å². The van der Waals surface area contributed by atoms with Crippen LogP contribution >= 0.6 is 0 Å². The Morgan fingerprint density at radius 2 is 1.45 bits per heavy atom. The second-order valence-electron chi connectivity index (χ2n) is 20.1. The Morgan fingerprint density at radius 1 is 0.839 bits per heavy atom. The topological polar surface area (TPSA) is 236 Å². The Labute approximate surface area is 331 Å². The van der Waals surface area contributed by atoms with Crippen molar-refractivity contribution in [2.75, 3.05) is 13.2 Å². The molecule has 322 valence electrons. The summed E-state index contributed by atoms with van der Waals surface area (Å²) in [6.45, 7) is 15.5. The third-order valence-electron chi connectivity index (χ3n) is 16.3. The number of aliphatic hydroxyl groups is 9. The van der Waals surface area contributed by atoms with Crippen molar-refractivity contribution in [3.05, 3.63) is 11.6 Å². The number of ether oxygens (including phenoxy) is 4. The van der Waals surface area contributed by atoms with Crippen LogP contribution in [0.4, 0.5) is 0 Å². The van der Waals surface area contributed by atoms with Crippen molar-refractivity contribution in [2.45, 2.75) is 186 Å². The van der Waals surface area contributed by atoms with Gasteiger partial charge in [-0.3, -0.25) is 4.79 Å². The molecule has 0 spiro atoms. The smallest absolute Gasteiger partial charge is 0.187 e. The number of hydrogen-bond donors (Lipinski definition) is 9. The van der Waals surface area contributed by atoms with Gasteiger partial charge in [0, 0.05) is 17.3 Å². The molecule has 2 saturated heterocycles. The zero-order valence-corrected chi connectivity index (χ0v) is 34.5. The highest BCUT2D eigenvalue weighted by Gasteiger charge is 2.70. The molecule has 6 aliphatic rings. The number of carbonyl (C=O) groups excluding carboxylic acids is 1. The molecular weight excluding hydrogens is 728 g/mol. The first-order valence-electron chi connectivity index (χ1n) is 20.9. The van der Waals surface area contributed by atoms with E-state index in [0.717, 1.165) is 31.3 Å². The summed E-state index contributed by atoms with van der Waals surface area (Å²) >= 11 is 0. The van der Waals surface area contributed by atoms with Crippen LogP contribution in [0.5, 0.6) is 0 Å². The standard InChI is InChI=1S/C42H70O14/c1-20(9-13-27(44)39(4,5)52)21-15-16-40(6)26-12-10-22-23(42(26,8)28(45)17-41(21,40)7)11-14-29(38(22,2)3)56-37-35(51)33(49)31(47)25(55-37)19-53-36-34(50)32(48)30(46)24(18-43)54-36/h10,20-21,23-27,29-37,43-44,46-52H,9,11-19H2,1-8H3/t20-,21?,23?,24?,25?,26?,27-,29+,30?,31?,32?,33?,34?,35?,36?,37?,40+,41-,42+/m1/s1. The maximum atomic E-state index is 14.8. The highest BCUT2D eigenvalue weighted by atomic mass is 16.7. The van der Waals surface area contributed by atoms with Gasteiger partial charge in [-0.2, -0.15) is 0 Å². The summed E-state index contributed by atoms with van der Waals surface area (Å²) in [5.41, 5.74) is -1.46. The summed E-state index contributed by atoms with van der Waals surface area (Å²) in [6.07, 6.45) is -8.20. The highest BCUT2D eigenvalue weighted by Crippen LogP contribution is 2.74. The van der Waals surface area contributed by atoms with E-state index < -0.39 is 103 Å². The number of hydrogen-bond acceptors (Lipinski definition) is 14. The maximum Gasteiger partial charge on any atom is 0.187 e. The fourth-order valence-corrected chi connectivity index (χ4v) is 12.3. The zero-order chi connectivity index (χ0) is 41.5. The third-order valence-corrected chi connectivity index (χ3v) is 16.3. The Morgan fingerprint density at radius 3 is 2.07 bits per heavy atom. The Bertz CT molecular complexity index is 1450. The first-order chi connectivity index (χ1) is 25.9. The molecule has 2 heterocycles. The first kappa shape index (κ1) is 44.4. The SMILES string of the molecule is C[C@H](CC[C@@H](O)C(C)(C)O)C1CC[C@@]2(C)C3CC=C4C(CC[C@H](OC5OC(COC6OC(CO)C(O)C(O)C6O)C(O)C(O)C5O)C4(C)C)[C@]3(C)C(=O)C[C@]12C. The van der Waals surface area contributed by atoms with Gasteiger partial charge in [0.2, 0.25) is 0 Å². The number of Topliss-reactive ketones (excluding diaryl/α,β-unsaturated/α-hetero) is 1. The molecule has 0 amide bonds. The molecule has 2 aliphatic heterocycles. The number of allylic oxidation sites excluding steroid dienone is 1. The molecule has 56 heavy (non-hydrogen) atoms. The van der Waals surface area contributed by atoms with Gasteiger partial charge in [0.25, 0.3) is 0 Å². The molecule has 0 aromatic heterocycles.